The maximum absolute atomic E-state index is 12.5. The number of thioether (sulfide) groups is 1. The van der Waals surface area contributed by atoms with Gasteiger partial charge in [-0.05, 0) is 37.3 Å². The molecular weight excluding hydrogens is 348 g/mol. The molecule has 1 unspecified atom stereocenters. The molecular formula is C16H24N2O4S2. The molecule has 6 nitrogen and oxygen atoms in total. The van der Waals surface area contributed by atoms with Crippen LogP contribution in [0.5, 0.6) is 0 Å². The molecule has 0 saturated carbocycles. The van der Waals surface area contributed by atoms with Crippen LogP contribution < -0.4 is 10.0 Å². The molecule has 0 bridgehead atoms. The maximum Gasteiger partial charge on any atom is 0.240 e. The van der Waals surface area contributed by atoms with Gasteiger partial charge in [-0.3, -0.25) is 4.79 Å². The first-order chi connectivity index (χ1) is 11.3. The number of amides is 1. The van der Waals surface area contributed by atoms with E-state index in [0.717, 1.165) is 17.7 Å². The fourth-order valence-electron chi connectivity index (χ4n) is 2.32. The van der Waals surface area contributed by atoms with Crippen LogP contribution in [-0.4, -0.2) is 39.8 Å². The number of hydrogen-bond acceptors (Lipinski definition) is 5. The summed E-state index contributed by atoms with van der Waals surface area (Å²) in [6, 6.07) is 4.76. The number of hydrogen-bond donors (Lipinski definition) is 2. The summed E-state index contributed by atoms with van der Waals surface area (Å²) in [5.74, 6) is -0.329. The Kier molecular flexibility index (Phi) is 6.68. The fourth-order valence-corrected chi connectivity index (χ4v) is 3.95. The molecule has 1 amide bonds. The Labute approximate surface area is 147 Å². The largest absolute Gasteiger partial charge is 0.377 e. The highest BCUT2D eigenvalue weighted by atomic mass is 32.2. The molecule has 0 aromatic heterocycles. The molecule has 2 N–H and O–H groups in total. The highest BCUT2D eigenvalue weighted by molar-refractivity contribution is 7.98. The summed E-state index contributed by atoms with van der Waals surface area (Å²) in [6.07, 6.45) is 3.64. The highest BCUT2D eigenvalue weighted by Crippen LogP contribution is 2.28. The molecule has 24 heavy (non-hydrogen) atoms. The molecule has 1 atom stereocenters. The summed E-state index contributed by atoms with van der Waals surface area (Å²) in [6.45, 7) is 4.52. The van der Waals surface area contributed by atoms with Crippen molar-refractivity contribution in [1.82, 2.24) is 4.72 Å². The Morgan fingerprint density at radius 2 is 2.17 bits per heavy atom. The molecule has 1 fully saturated rings. The van der Waals surface area contributed by atoms with Crippen LogP contribution in [0.1, 0.15) is 26.7 Å². The third-order valence-corrected chi connectivity index (χ3v) is 6.01. The van der Waals surface area contributed by atoms with Gasteiger partial charge in [0.25, 0.3) is 0 Å². The second-order valence-corrected chi connectivity index (χ2v) is 8.61. The van der Waals surface area contributed by atoms with E-state index in [4.69, 9.17) is 4.74 Å². The Morgan fingerprint density at radius 1 is 1.42 bits per heavy atom. The van der Waals surface area contributed by atoms with E-state index >= 15 is 0 Å². The van der Waals surface area contributed by atoms with Crippen LogP contribution in [0.15, 0.2) is 28.0 Å². The van der Waals surface area contributed by atoms with Crippen LogP contribution in [0.2, 0.25) is 0 Å². The van der Waals surface area contributed by atoms with E-state index in [-0.39, 0.29) is 29.4 Å². The molecule has 0 radical (unpaired) electrons. The Balaban J connectivity index is 2.17. The molecule has 134 valence electrons. The third-order valence-electron chi connectivity index (χ3n) is 3.79. The fraction of sp³-hybridized carbons (Fsp3) is 0.562. The lowest BCUT2D eigenvalue weighted by Crippen LogP contribution is -2.32. The minimum Gasteiger partial charge on any atom is -0.377 e. The molecule has 1 aliphatic rings. The van der Waals surface area contributed by atoms with Crippen LogP contribution >= 0.6 is 11.8 Å². The molecule has 1 aromatic rings. The van der Waals surface area contributed by atoms with E-state index in [0.29, 0.717) is 12.3 Å². The van der Waals surface area contributed by atoms with Crippen molar-refractivity contribution in [3.8, 4) is 0 Å². The van der Waals surface area contributed by atoms with Gasteiger partial charge in [-0.2, -0.15) is 0 Å². The molecule has 2 rings (SSSR count). The van der Waals surface area contributed by atoms with Crippen LogP contribution in [0, 0.1) is 5.92 Å². The summed E-state index contributed by atoms with van der Waals surface area (Å²) in [4.78, 5) is 12.9. The standard InChI is InChI=1S/C16H24N2O4S2/c1-11(2)16(19)18-14-9-13(6-7-15(14)23-3)24(20,21)17-10-12-5-4-8-22-12/h6-7,9,11-12,17H,4-5,8,10H2,1-3H3,(H,18,19). The number of anilines is 1. The lowest BCUT2D eigenvalue weighted by atomic mass is 10.2. The SMILES string of the molecule is CSc1ccc(S(=O)(=O)NCC2CCCO2)cc1NC(=O)C(C)C. The van der Waals surface area contributed by atoms with Crippen molar-refractivity contribution in [2.45, 2.75) is 42.6 Å². The number of rotatable bonds is 7. The normalized spacial score (nSPS) is 18.1. The average Bonchev–Trinajstić information content (AvgIpc) is 3.06. The second kappa shape index (κ2) is 8.33. The second-order valence-electron chi connectivity index (χ2n) is 5.99. The zero-order valence-corrected chi connectivity index (χ0v) is 15.8. The predicted octanol–water partition coefficient (Wildman–Crippen LogP) is 2.46. The number of ether oxygens (including phenoxy) is 1. The molecule has 1 aromatic carbocycles. The quantitative estimate of drug-likeness (QED) is 0.718. The molecule has 1 saturated heterocycles. The van der Waals surface area contributed by atoms with Gasteiger partial charge in [-0.1, -0.05) is 13.8 Å². The Hall–Kier alpha value is -1.09. The Morgan fingerprint density at radius 3 is 2.75 bits per heavy atom. The van der Waals surface area contributed by atoms with Crippen LogP contribution in [0.25, 0.3) is 0 Å². The summed E-state index contributed by atoms with van der Waals surface area (Å²) in [5.41, 5.74) is 0.515. The third kappa shape index (κ3) is 4.95. The number of carbonyl (C=O) groups excluding carboxylic acids is 1. The van der Waals surface area contributed by atoms with Gasteiger partial charge in [0.1, 0.15) is 0 Å². The van der Waals surface area contributed by atoms with Crippen molar-refractivity contribution in [2.75, 3.05) is 24.7 Å². The van der Waals surface area contributed by atoms with Crippen LogP contribution in [0.4, 0.5) is 5.69 Å². The number of sulfonamides is 1. The van der Waals surface area contributed by atoms with Gasteiger partial charge in [0.15, 0.2) is 0 Å². The topological polar surface area (TPSA) is 84.5 Å². The van der Waals surface area contributed by atoms with Gasteiger partial charge in [0, 0.05) is 24.0 Å². The van der Waals surface area contributed by atoms with Crippen molar-refractivity contribution in [2.24, 2.45) is 5.92 Å². The van der Waals surface area contributed by atoms with Crippen LogP contribution in [-0.2, 0) is 19.6 Å². The van der Waals surface area contributed by atoms with Crippen LogP contribution in [0.3, 0.4) is 0 Å². The van der Waals surface area contributed by atoms with Crippen molar-refractivity contribution in [1.29, 1.82) is 0 Å². The monoisotopic (exact) mass is 372 g/mol. The zero-order valence-electron chi connectivity index (χ0n) is 14.2. The van der Waals surface area contributed by atoms with Gasteiger partial charge in [0.2, 0.25) is 15.9 Å². The number of nitrogens with one attached hydrogen (secondary N) is 2. The molecule has 0 aliphatic carbocycles. The van der Waals surface area contributed by atoms with Gasteiger partial charge in [0.05, 0.1) is 16.7 Å². The minimum atomic E-state index is -3.64. The van der Waals surface area contributed by atoms with Crippen molar-refractivity contribution in [3.05, 3.63) is 18.2 Å². The summed E-state index contributed by atoms with van der Waals surface area (Å²) >= 11 is 1.45. The molecule has 1 heterocycles. The van der Waals surface area contributed by atoms with E-state index in [1.165, 1.54) is 17.8 Å². The highest BCUT2D eigenvalue weighted by Gasteiger charge is 2.21. The summed E-state index contributed by atoms with van der Waals surface area (Å²) in [5, 5.41) is 2.79. The Bertz CT molecular complexity index is 683. The summed E-state index contributed by atoms with van der Waals surface area (Å²) < 4.78 is 33.0. The lowest BCUT2D eigenvalue weighted by Gasteiger charge is -2.15. The first kappa shape index (κ1) is 19.2. The smallest absolute Gasteiger partial charge is 0.240 e. The lowest BCUT2D eigenvalue weighted by molar-refractivity contribution is -0.118. The number of carbonyl (C=O) groups is 1. The van der Waals surface area contributed by atoms with Gasteiger partial charge < -0.3 is 10.1 Å². The van der Waals surface area contributed by atoms with Gasteiger partial charge in [-0.25, -0.2) is 13.1 Å². The first-order valence-electron chi connectivity index (χ1n) is 7.93. The summed E-state index contributed by atoms with van der Waals surface area (Å²) in [7, 11) is -3.64. The maximum atomic E-state index is 12.5. The van der Waals surface area contributed by atoms with E-state index in [1.807, 2.05) is 6.26 Å². The van der Waals surface area contributed by atoms with Crippen molar-refractivity contribution < 1.29 is 17.9 Å². The van der Waals surface area contributed by atoms with Crippen molar-refractivity contribution >= 4 is 33.4 Å². The zero-order chi connectivity index (χ0) is 17.7. The number of benzene rings is 1. The minimum absolute atomic E-state index is 0.0645. The first-order valence-corrected chi connectivity index (χ1v) is 10.6. The van der Waals surface area contributed by atoms with Gasteiger partial charge in [-0.15, -0.1) is 11.8 Å². The van der Waals surface area contributed by atoms with E-state index in [9.17, 15) is 13.2 Å². The van der Waals surface area contributed by atoms with Gasteiger partial charge >= 0.3 is 0 Å². The van der Waals surface area contributed by atoms with E-state index in [2.05, 4.69) is 10.0 Å². The molecule has 1 aliphatic heterocycles. The average molecular weight is 373 g/mol. The van der Waals surface area contributed by atoms with Crippen molar-refractivity contribution in [3.63, 3.8) is 0 Å². The van der Waals surface area contributed by atoms with E-state index < -0.39 is 10.0 Å². The molecule has 0 spiro atoms. The predicted molar refractivity (Wildman–Crippen MR) is 95.9 cm³/mol. The molecule has 8 heteroatoms. The van der Waals surface area contributed by atoms with E-state index in [1.54, 1.807) is 26.0 Å².